The Balaban J connectivity index is 2.67. The highest BCUT2D eigenvalue weighted by atomic mass is 32.1. The summed E-state index contributed by atoms with van der Waals surface area (Å²) >= 11 is 8.60. The predicted molar refractivity (Wildman–Crippen MR) is 49.4 cm³/mol. The molecule has 4 heteroatoms. The molecule has 0 unspecified atom stereocenters. The first-order chi connectivity index (χ1) is 4.79. The van der Waals surface area contributed by atoms with Crippen LogP contribution in [0.25, 0.3) is 0 Å². The van der Waals surface area contributed by atoms with Gasteiger partial charge >= 0.3 is 0 Å². The van der Waals surface area contributed by atoms with E-state index in [-0.39, 0.29) is 0 Å². The average molecular weight is 170 g/mol. The van der Waals surface area contributed by atoms with Crippen molar-refractivity contribution in [3.05, 3.63) is 24.5 Å². The number of thiocarbonyl (C=S) groups is 1. The molecule has 0 radical (unpaired) electrons. The van der Waals surface area contributed by atoms with Crippen molar-refractivity contribution in [1.29, 1.82) is 0 Å². The predicted octanol–water partition coefficient (Wildman–Crippen LogP) is 1.71. The van der Waals surface area contributed by atoms with Crippen LogP contribution in [0.3, 0.4) is 0 Å². The molecule has 1 N–H and O–H groups in total. The first-order valence-corrected chi connectivity index (χ1v) is 3.54. The summed E-state index contributed by atoms with van der Waals surface area (Å²) in [7, 11) is 0. The fourth-order valence-corrected chi connectivity index (χ4v) is 0.807. The molecule has 0 amide bonds. The van der Waals surface area contributed by atoms with Gasteiger partial charge in [-0.3, -0.25) is 4.98 Å². The molecular weight excluding hydrogens is 164 g/mol. The van der Waals surface area contributed by atoms with Crippen LogP contribution >= 0.6 is 24.8 Å². The summed E-state index contributed by atoms with van der Waals surface area (Å²) < 4.78 is 0.452. The maximum atomic E-state index is 4.70. The normalized spacial score (nSPS) is 8.90. The molecule has 52 valence electrons. The van der Waals surface area contributed by atoms with Gasteiger partial charge in [-0.25, -0.2) is 0 Å². The molecule has 10 heavy (non-hydrogen) atoms. The maximum absolute atomic E-state index is 4.70. The molecule has 2 nitrogen and oxygen atoms in total. The number of rotatable bonds is 1. The van der Waals surface area contributed by atoms with Crippen LogP contribution in [0.4, 0.5) is 5.69 Å². The fraction of sp³-hybridized carbons (Fsp3) is 0. The number of aromatic nitrogens is 1. The average Bonchev–Trinajstić information content (AvgIpc) is 1.88. The zero-order chi connectivity index (χ0) is 7.40. The highest BCUT2D eigenvalue weighted by Gasteiger charge is 1.88. The van der Waals surface area contributed by atoms with Crippen LogP contribution in [-0.2, 0) is 0 Å². The molecule has 0 aromatic carbocycles. The minimum atomic E-state index is 0.452. The summed E-state index contributed by atoms with van der Waals surface area (Å²) in [6.45, 7) is 0. The van der Waals surface area contributed by atoms with Gasteiger partial charge in [-0.1, -0.05) is 12.2 Å². The van der Waals surface area contributed by atoms with Crippen LogP contribution in [0.5, 0.6) is 0 Å². The molecule has 0 saturated carbocycles. The zero-order valence-electron chi connectivity index (χ0n) is 5.11. The number of anilines is 1. The van der Waals surface area contributed by atoms with Crippen molar-refractivity contribution in [2.45, 2.75) is 0 Å². The number of nitrogens with one attached hydrogen (secondary N) is 1. The van der Waals surface area contributed by atoms with Crippen LogP contribution in [0.1, 0.15) is 0 Å². The number of nitrogens with zero attached hydrogens (tertiary/aromatic N) is 1. The van der Waals surface area contributed by atoms with Crippen molar-refractivity contribution in [2.75, 3.05) is 5.32 Å². The van der Waals surface area contributed by atoms with Crippen molar-refractivity contribution in [3.63, 3.8) is 0 Å². The van der Waals surface area contributed by atoms with Gasteiger partial charge < -0.3 is 5.32 Å². The first-order valence-electron chi connectivity index (χ1n) is 2.69. The van der Waals surface area contributed by atoms with Crippen molar-refractivity contribution in [2.24, 2.45) is 0 Å². The lowest BCUT2D eigenvalue weighted by Gasteiger charge is -1.99. The van der Waals surface area contributed by atoms with E-state index in [4.69, 9.17) is 12.2 Å². The van der Waals surface area contributed by atoms with Gasteiger partial charge in [-0.05, 0) is 12.1 Å². The standard InChI is InChI=1S/C6H6N2S2/c9-6(10)8-5-2-1-3-7-4-5/h1-4H,(H2,8,9,10). The topological polar surface area (TPSA) is 24.9 Å². The van der Waals surface area contributed by atoms with Gasteiger partial charge in [-0.15, -0.1) is 12.6 Å². The first kappa shape index (κ1) is 7.50. The van der Waals surface area contributed by atoms with Gasteiger partial charge in [0.15, 0.2) is 0 Å². The minimum Gasteiger partial charge on any atom is -0.340 e. The Hall–Kier alpha value is -0.610. The molecule has 0 bridgehead atoms. The molecule has 1 aromatic heterocycles. The van der Waals surface area contributed by atoms with Gasteiger partial charge in [0, 0.05) is 6.20 Å². The van der Waals surface area contributed by atoms with Crippen molar-refractivity contribution in [1.82, 2.24) is 4.98 Å². The fourth-order valence-electron chi connectivity index (χ4n) is 0.560. The number of pyridine rings is 1. The Kier molecular flexibility index (Phi) is 2.65. The van der Waals surface area contributed by atoms with E-state index in [1.54, 1.807) is 12.4 Å². The Morgan fingerprint density at radius 1 is 1.70 bits per heavy atom. The van der Waals surface area contributed by atoms with Crippen LogP contribution in [0.15, 0.2) is 24.5 Å². The van der Waals surface area contributed by atoms with Gasteiger partial charge in [0.1, 0.15) is 4.32 Å². The largest absolute Gasteiger partial charge is 0.340 e. The maximum Gasteiger partial charge on any atom is 0.135 e. The summed E-state index contributed by atoms with van der Waals surface area (Å²) in [6, 6.07) is 3.70. The van der Waals surface area contributed by atoms with Crippen molar-refractivity contribution >= 4 is 34.9 Å². The molecule has 0 aliphatic heterocycles. The Labute approximate surface area is 70.1 Å². The third kappa shape index (κ3) is 2.33. The summed E-state index contributed by atoms with van der Waals surface area (Å²) in [5.41, 5.74) is 0.863. The molecule has 1 heterocycles. The molecule has 0 aliphatic rings. The lowest BCUT2D eigenvalue weighted by atomic mass is 10.4. The van der Waals surface area contributed by atoms with Crippen LogP contribution < -0.4 is 5.32 Å². The number of thiol groups is 1. The number of hydrogen-bond acceptors (Lipinski definition) is 2. The van der Waals surface area contributed by atoms with Crippen LogP contribution in [0.2, 0.25) is 0 Å². The molecule has 0 saturated heterocycles. The second-order valence-corrected chi connectivity index (χ2v) is 2.83. The summed E-state index contributed by atoms with van der Waals surface area (Å²) in [6.07, 6.45) is 3.38. The van der Waals surface area contributed by atoms with Gasteiger partial charge in [0.2, 0.25) is 0 Å². The molecular formula is C6H6N2S2. The van der Waals surface area contributed by atoms with E-state index in [1.165, 1.54) is 0 Å². The van der Waals surface area contributed by atoms with Crippen molar-refractivity contribution < 1.29 is 0 Å². The van der Waals surface area contributed by atoms with Gasteiger partial charge in [0.25, 0.3) is 0 Å². The molecule has 0 fully saturated rings. The lowest BCUT2D eigenvalue weighted by molar-refractivity contribution is 1.33. The second kappa shape index (κ2) is 3.53. The highest BCUT2D eigenvalue weighted by Crippen LogP contribution is 2.03. The van der Waals surface area contributed by atoms with E-state index in [2.05, 4.69) is 22.9 Å². The molecule has 1 aromatic rings. The monoisotopic (exact) mass is 170 g/mol. The van der Waals surface area contributed by atoms with E-state index in [0.29, 0.717) is 4.32 Å². The zero-order valence-corrected chi connectivity index (χ0v) is 6.82. The van der Waals surface area contributed by atoms with Gasteiger partial charge in [0.05, 0.1) is 11.9 Å². The second-order valence-electron chi connectivity index (χ2n) is 1.67. The smallest absolute Gasteiger partial charge is 0.135 e. The molecule has 1 rings (SSSR count). The van der Waals surface area contributed by atoms with Gasteiger partial charge in [-0.2, -0.15) is 0 Å². The third-order valence-electron chi connectivity index (χ3n) is 0.913. The van der Waals surface area contributed by atoms with Crippen LogP contribution in [-0.4, -0.2) is 9.30 Å². The Bertz CT molecular complexity index is 222. The summed E-state index contributed by atoms with van der Waals surface area (Å²) in [5, 5.41) is 2.84. The summed E-state index contributed by atoms with van der Waals surface area (Å²) in [5.74, 6) is 0. The minimum absolute atomic E-state index is 0.452. The molecule has 0 atom stereocenters. The van der Waals surface area contributed by atoms with E-state index < -0.39 is 0 Å². The number of hydrogen-bond donors (Lipinski definition) is 2. The van der Waals surface area contributed by atoms with E-state index >= 15 is 0 Å². The van der Waals surface area contributed by atoms with Crippen molar-refractivity contribution in [3.8, 4) is 0 Å². The van der Waals surface area contributed by atoms with Crippen LogP contribution in [0, 0.1) is 0 Å². The van der Waals surface area contributed by atoms with E-state index in [9.17, 15) is 0 Å². The SMILES string of the molecule is S=C(S)Nc1cccnc1. The quantitative estimate of drug-likeness (QED) is 0.496. The summed E-state index contributed by atoms with van der Waals surface area (Å²) in [4.78, 5) is 3.88. The molecule has 0 aliphatic carbocycles. The molecule has 0 spiro atoms. The third-order valence-corrected chi connectivity index (χ3v) is 1.13. The lowest BCUT2D eigenvalue weighted by Crippen LogP contribution is -2.00. The van der Waals surface area contributed by atoms with E-state index in [1.807, 2.05) is 12.1 Å². The Morgan fingerprint density at radius 3 is 3.00 bits per heavy atom. The van der Waals surface area contributed by atoms with E-state index in [0.717, 1.165) is 5.69 Å². The highest BCUT2D eigenvalue weighted by molar-refractivity contribution is 8.11. The Morgan fingerprint density at radius 2 is 2.50 bits per heavy atom.